The van der Waals surface area contributed by atoms with Crippen LogP contribution in [0.4, 0.5) is 0 Å². The summed E-state index contributed by atoms with van der Waals surface area (Å²) in [4.78, 5) is 13.0. The van der Waals surface area contributed by atoms with Gasteiger partial charge in [0.05, 0.1) is 31.6 Å². The smallest absolute Gasteiger partial charge is 0.191 e. The van der Waals surface area contributed by atoms with E-state index in [2.05, 4.69) is 25.6 Å². The zero-order chi connectivity index (χ0) is 16.7. The van der Waals surface area contributed by atoms with Crippen molar-refractivity contribution in [3.8, 4) is 5.75 Å². The number of hydrogen-bond acceptors (Lipinski definition) is 4. The van der Waals surface area contributed by atoms with Crippen LogP contribution in [0.5, 0.6) is 5.75 Å². The summed E-state index contributed by atoms with van der Waals surface area (Å²) < 4.78 is 5.43. The lowest BCUT2D eigenvalue weighted by molar-refractivity contribution is 0.406. The lowest BCUT2D eigenvalue weighted by Crippen LogP contribution is -2.36. The molecule has 130 valence electrons. The number of aliphatic imine (C=N–C) groups is 1. The maximum absolute atomic E-state index is 5.43. The fourth-order valence-electron chi connectivity index (χ4n) is 2.31. The van der Waals surface area contributed by atoms with E-state index in [1.807, 2.05) is 38.2 Å². The SMILES string of the molecule is CN=C(NCc1ccccn1)NCc1ncc(C)c(OC)c1C.I. The van der Waals surface area contributed by atoms with Crippen molar-refractivity contribution in [1.29, 1.82) is 0 Å². The Labute approximate surface area is 160 Å². The van der Waals surface area contributed by atoms with E-state index in [0.717, 1.165) is 28.3 Å². The molecule has 0 bridgehead atoms. The molecule has 0 aliphatic heterocycles. The molecule has 0 aliphatic rings. The fraction of sp³-hybridized carbons (Fsp3) is 0.353. The molecule has 2 aromatic heterocycles. The highest BCUT2D eigenvalue weighted by Gasteiger charge is 2.09. The maximum atomic E-state index is 5.43. The number of aromatic nitrogens is 2. The number of pyridine rings is 2. The van der Waals surface area contributed by atoms with Gasteiger partial charge in [-0.15, -0.1) is 24.0 Å². The molecule has 24 heavy (non-hydrogen) atoms. The molecule has 6 nitrogen and oxygen atoms in total. The highest BCUT2D eigenvalue weighted by atomic mass is 127. The van der Waals surface area contributed by atoms with Crippen molar-refractivity contribution >= 4 is 29.9 Å². The van der Waals surface area contributed by atoms with Gasteiger partial charge in [0, 0.05) is 30.6 Å². The number of hydrogen-bond donors (Lipinski definition) is 2. The summed E-state index contributed by atoms with van der Waals surface area (Å²) in [5.41, 5.74) is 3.97. The Morgan fingerprint density at radius 3 is 2.54 bits per heavy atom. The third-order valence-electron chi connectivity index (χ3n) is 3.56. The van der Waals surface area contributed by atoms with Gasteiger partial charge in [0.15, 0.2) is 5.96 Å². The van der Waals surface area contributed by atoms with Gasteiger partial charge in [-0.3, -0.25) is 15.0 Å². The standard InChI is InChI=1S/C17H23N5O.HI/c1-12-9-20-15(13(2)16(12)23-4)11-22-17(18-3)21-10-14-7-5-6-8-19-14;/h5-9H,10-11H2,1-4H3,(H2,18,21,22);1H. The zero-order valence-electron chi connectivity index (χ0n) is 14.5. The maximum Gasteiger partial charge on any atom is 0.191 e. The molecular weight excluding hydrogens is 417 g/mol. The van der Waals surface area contributed by atoms with Crippen LogP contribution in [0.25, 0.3) is 0 Å². The van der Waals surface area contributed by atoms with Gasteiger partial charge in [0.25, 0.3) is 0 Å². The topological polar surface area (TPSA) is 71.4 Å². The van der Waals surface area contributed by atoms with Crippen LogP contribution in [-0.2, 0) is 13.1 Å². The highest BCUT2D eigenvalue weighted by Crippen LogP contribution is 2.23. The van der Waals surface area contributed by atoms with E-state index in [-0.39, 0.29) is 24.0 Å². The Kier molecular flexibility index (Phi) is 8.45. The van der Waals surface area contributed by atoms with E-state index in [4.69, 9.17) is 4.74 Å². The van der Waals surface area contributed by atoms with E-state index in [9.17, 15) is 0 Å². The van der Waals surface area contributed by atoms with E-state index in [1.54, 1.807) is 20.4 Å². The first-order chi connectivity index (χ1) is 11.2. The molecule has 0 aliphatic carbocycles. The Morgan fingerprint density at radius 2 is 1.92 bits per heavy atom. The molecule has 0 spiro atoms. The van der Waals surface area contributed by atoms with E-state index in [1.165, 1.54) is 0 Å². The van der Waals surface area contributed by atoms with E-state index < -0.39 is 0 Å². The normalized spacial score (nSPS) is 10.8. The number of guanidine groups is 1. The largest absolute Gasteiger partial charge is 0.496 e. The number of methoxy groups -OCH3 is 1. The van der Waals surface area contributed by atoms with Crippen molar-refractivity contribution in [3.05, 3.63) is 53.1 Å². The van der Waals surface area contributed by atoms with E-state index in [0.29, 0.717) is 19.0 Å². The first-order valence-electron chi connectivity index (χ1n) is 7.49. The average Bonchev–Trinajstić information content (AvgIpc) is 2.58. The van der Waals surface area contributed by atoms with Crippen molar-refractivity contribution in [3.63, 3.8) is 0 Å². The second-order valence-corrected chi connectivity index (χ2v) is 5.15. The highest BCUT2D eigenvalue weighted by molar-refractivity contribution is 14.0. The van der Waals surface area contributed by atoms with Gasteiger partial charge < -0.3 is 15.4 Å². The molecule has 0 amide bonds. The Balaban J connectivity index is 0.00000288. The Bertz CT molecular complexity index is 676. The summed E-state index contributed by atoms with van der Waals surface area (Å²) >= 11 is 0. The van der Waals surface area contributed by atoms with Gasteiger partial charge in [-0.25, -0.2) is 0 Å². The minimum atomic E-state index is 0. The van der Waals surface area contributed by atoms with Crippen LogP contribution in [-0.4, -0.2) is 30.1 Å². The molecule has 0 aromatic carbocycles. The average molecular weight is 441 g/mol. The number of halogens is 1. The molecule has 0 fully saturated rings. The predicted molar refractivity (Wildman–Crippen MR) is 107 cm³/mol. The summed E-state index contributed by atoms with van der Waals surface area (Å²) in [5, 5.41) is 6.49. The summed E-state index contributed by atoms with van der Waals surface area (Å²) in [6.45, 7) is 5.19. The van der Waals surface area contributed by atoms with Crippen molar-refractivity contribution < 1.29 is 4.74 Å². The summed E-state index contributed by atoms with van der Waals surface area (Å²) in [5.74, 6) is 1.59. The number of rotatable bonds is 5. The molecule has 0 atom stereocenters. The number of aryl methyl sites for hydroxylation is 1. The first kappa shape index (κ1) is 20.1. The third-order valence-corrected chi connectivity index (χ3v) is 3.56. The van der Waals surface area contributed by atoms with Crippen LogP contribution in [0.15, 0.2) is 35.6 Å². The minimum Gasteiger partial charge on any atom is -0.496 e. The molecule has 7 heteroatoms. The van der Waals surface area contributed by atoms with Crippen LogP contribution >= 0.6 is 24.0 Å². The molecule has 2 heterocycles. The monoisotopic (exact) mass is 441 g/mol. The minimum absolute atomic E-state index is 0. The van der Waals surface area contributed by atoms with Gasteiger partial charge in [-0.2, -0.15) is 0 Å². The molecule has 0 radical (unpaired) electrons. The second-order valence-electron chi connectivity index (χ2n) is 5.15. The van der Waals surface area contributed by atoms with Crippen molar-refractivity contribution in [2.45, 2.75) is 26.9 Å². The molecule has 0 saturated heterocycles. The van der Waals surface area contributed by atoms with Crippen molar-refractivity contribution in [1.82, 2.24) is 20.6 Å². The van der Waals surface area contributed by atoms with Crippen LogP contribution in [0.1, 0.15) is 22.5 Å². The van der Waals surface area contributed by atoms with Crippen LogP contribution in [0, 0.1) is 13.8 Å². The van der Waals surface area contributed by atoms with Crippen LogP contribution in [0.2, 0.25) is 0 Å². The Hall–Kier alpha value is -1.90. The van der Waals surface area contributed by atoms with Crippen LogP contribution in [0.3, 0.4) is 0 Å². The second kappa shape index (κ2) is 10.1. The lowest BCUT2D eigenvalue weighted by Gasteiger charge is -2.15. The summed E-state index contributed by atoms with van der Waals surface area (Å²) in [6, 6.07) is 5.83. The summed E-state index contributed by atoms with van der Waals surface area (Å²) in [6.07, 6.45) is 3.60. The third kappa shape index (κ3) is 5.33. The number of ether oxygens (including phenoxy) is 1. The Morgan fingerprint density at radius 1 is 1.17 bits per heavy atom. The van der Waals surface area contributed by atoms with E-state index >= 15 is 0 Å². The van der Waals surface area contributed by atoms with Crippen molar-refractivity contribution in [2.24, 2.45) is 4.99 Å². The van der Waals surface area contributed by atoms with Gasteiger partial charge in [0.2, 0.25) is 0 Å². The molecular formula is C17H24IN5O. The lowest BCUT2D eigenvalue weighted by atomic mass is 10.1. The van der Waals surface area contributed by atoms with Gasteiger partial charge in [-0.05, 0) is 26.0 Å². The fourth-order valence-corrected chi connectivity index (χ4v) is 2.31. The first-order valence-corrected chi connectivity index (χ1v) is 7.49. The molecule has 2 N–H and O–H groups in total. The zero-order valence-corrected chi connectivity index (χ0v) is 16.8. The van der Waals surface area contributed by atoms with Gasteiger partial charge in [0.1, 0.15) is 5.75 Å². The molecule has 0 saturated carbocycles. The molecule has 0 unspecified atom stereocenters. The number of nitrogens with zero attached hydrogens (tertiary/aromatic N) is 3. The van der Waals surface area contributed by atoms with Gasteiger partial charge in [-0.1, -0.05) is 6.07 Å². The van der Waals surface area contributed by atoms with Crippen molar-refractivity contribution in [2.75, 3.05) is 14.2 Å². The number of nitrogens with one attached hydrogen (secondary N) is 2. The molecule has 2 aromatic rings. The predicted octanol–water partition coefficient (Wildman–Crippen LogP) is 2.59. The quantitative estimate of drug-likeness (QED) is 0.424. The summed E-state index contributed by atoms with van der Waals surface area (Å²) in [7, 11) is 3.42. The van der Waals surface area contributed by atoms with Crippen LogP contribution < -0.4 is 15.4 Å². The molecule has 2 rings (SSSR count). The van der Waals surface area contributed by atoms with Gasteiger partial charge >= 0.3 is 0 Å².